The molecule has 1 aromatic rings. The van der Waals surface area contributed by atoms with Crippen LogP contribution in [0.4, 0.5) is 10.1 Å². The van der Waals surface area contributed by atoms with Crippen molar-refractivity contribution in [1.82, 2.24) is 4.90 Å². The Morgan fingerprint density at radius 1 is 1.58 bits per heavy atom. The summed E-state index contributed by atoms with van der Waals surface area (Å²) < 4.78 is 14.0. The highest BCUT2D eigenvalue weighted by Crippen LogP contribution is 2.23. The fourth-order valence-corrected chi connectivity index (χ4v) is 2.46. The molecule has 1 aliphatic rings. The molecule has 1 saturated heterocycles. The molecule has 2 N–H and O–H groups in total. The third-order valence-corrected chi connectivity index (χ3v) is 3.70. The molecular weight excluding hydrogens is 249 g/mol. The number of nitrogens with zero attached hydrogens (tertiary/aromatic N) is 2. The maximum absolute atomic E-state index is 14.0. The van der Waals surface area contributed by atoms with Gasteiger partial charge in [0.05, 0.1) is 4.92 Å². The van der Waals surface area contributed by atoms with Crippen molar-refractivity contribution in [2.45, 2.75) is 25.9 Å². The Kier molecular flexibility index (Phi) is 4.11. The van der Waals surface area contributed by atoms with Crippen molar-refractivity contribution in [2.24, 2.45) is 11.7 Å². The number of nitro groups is 1. The van der Waals surface area contributed by atoms with Gasteiger partial charge in [-0.05, 0) is 18.9 Å². The normalized spacial score (nSPS) is 24.4. The zero-order chi connectivity index (χ0) is 14.0. The topological polar surface area (TPSA) is 72.4 Å². The zero-order valence-electron chi connectivity index (χ0n) is 10.9. The molecule has 0 aromatic heterocycles. The second-order valence-corrected chi connectivity index (χ2v) is 5.17. The minimum Gasteiger partial charge on any atom is -0.327 e. The Balaban J connectivity index is 2.11. The van der Waals surface area contributed by atoms with E-state index in [0.29, 0.717) is 18.0 Å². The van der Waals surface area contributed by atoms with Crippen LogP contribution in [0.1, 0.15) is 18.9 Å². The van der Waals surface area contributed by atoms with Gasteiger partial charge in [-0.1, -0.05) is 19.1 Å². The molecule has 104 valence electrons. The number of piperidine rings is 1. The van der Waals surface area contributed by atoms with E-state index in [1.807, 2.05) is 0 Å². The second-order valence-electron chi connectivity index (χ2n) is 5.17. The summed E-state index contributed by atoms with van der Waals surface area (Å²) in [6.07, 6.45) is 0.873. The van der Waals surface area contributed by atoms with Gasteiger partial charge in [0.25, 0.3) is 0 Å². The molecule has 1 aliphatic heterocycles. The second kappa shape index (κ2) is 5.63. The number of nitro benzene ring substituents is 1. The molecule has 2 atom stereocenters. The molecule has 1 fully saturated rings. The van der Waals surface area contributed by atoms with Gasteiger partial charge >= 0.3 is 5.69 Å². The molecule has 0 saturated carbocycles. The van der Waals surface area contributed by atoms with E-state index in [2.05, 4.69) is 11.8 Å². The molecule has 1 heterocycles. The third kappa shape index (κ3) is 3.08. The summed E-state index contributed by atoms with van der Waals surface area (Å²) in [5.41, 5.74) is 5.85. The zero-order valence-corrected chi connectivity index (χ0v) is 10.9. The number of likely N-dealkylation sites (tertiary alicyclic amines) is 1. The first kappa shape index (κ1) is 13.9. The van der Waals surface area contributed by atoms with Gasteiger partial charge in [-0.2, -0.15) is 4.39 Å². The number of halogens is 1. The van der Waals surface area contributed by atoms with Gasteiger partial charge in [0, 0.05) is 30.8 Å². The van der Waals surface area contributed by atoms with E-state index in [1.165, 1.54) is 12.1 Å². The molecule has 0 bridgehead atoms. The van der Waals surface area contributed by atoms with E-state index in [9.17, 15) is 14.5 Å². The largest absolute Gasteiger partial charge is 0.327 e. The van der Waals surface area contributed by atoms with E-state index in [0.717, 1.165) is 19.5 Å². The molecule has 0 amide bonds. The lowest BCUT2D eigenvalue weighted by atomic mass is 9.94. The fourth-order valence-electron chi connectivity index (χ4n) is 2.46. The third-order valence-electron chi connectivity index (χ3n) is 3.70. The Morgan fingerprint density at radius 2 is 2.32 bits per heavy atom. The van der Waals surface area contributed by atoms with Crippen LogP contribution in [0.3, 0.4) is 0 Å². The van der Waals surface area contributed by atoms with Crippen molar-refractivity contribution < 1.29 is 9.31 Å². The predicted molar refractivity (Wildman–Crippen MR) is 70.1 cm³/mol. The van der Waals surface area contributed by atoms with Crippen molar-refractivity contribution in [2.75, 3.05) is 13.1 Å². The van der Waals surface area contributed by atoms with E-state index < -0.39 is 16.4 Å². The Hall–Kier alpha value is -1.53. The molecule has 5 nitrogen and oxygen atoms in total. The molecule has 0 aliphatic carbocycles. The maximum atomic E-state index is 14.0. The molecule has 1 aromatic carbocycles. The van der Waals surface area contributed by atoms with E-state index in [-0.39, 0.29) is 6.04 Å². The van der Waals surface area contributed by atoms with Gasteiger partial charge in [0.2, 0.25) is 5.82 Å². The molecule has 0 spiro atoms. The summed E-state index contributed by atoms with van der Waals surface area (Å²) in [5.74, 6) is -0.370. The van der Waals surface area contributed by atoms with E-state index in [1.54, 1.807) is 6.07 Å². The first-order valence-corrected chi connectivity index (χ1v) is 6.38. The first-order chi connectivity index (χ1) is 8.99. The van der Waals surface area contributed by atoms with Crippen LogP contribution in [0.25, 0.3) is 0 Å². The monoisotopic (exact) mass is 267 g/mol. The lowest BCUT2D eigenvalue weighted by Gasteiger charge is -2.35. The van der Waals surface area contributed by atoms with E-state index in [4.69, 9.17) is 5.73 Å². The van der Waals surface area contributed by atoms with Gasteiger partial charge < -0.3 is 5.73 Å². The lowest BCUT2D eigenvalue weighted by molar-refractivity contribution is -0.387. The van der Waals surface area contributed by atoms with Gasteiger partial charge in [0.15, 0.2) is 0 Å². The van der Waals surface area contributed by atoms with Crippen LogP contribution < -0.4 is 5.73 Å². The Bertz CT molecular complexity index is 481. The molecule has 2 rings (SSSR count). The lowest BCUT2D eigenvalue weighted by Crippen LogP contribution is -2.45. The smallest absolute Gasteiger partial charge is 0.305 e. The highest BCUT2D eigenvalue weighted by atomic mass is 19.1. The van der Waals surface area contributed by atoms with Gasteiger partial charge in [-0.3, -0.25) is 15.0 Å². The van der Waals surface area contributed by atoms with Crippen molar-refractivity contribution in [3.63, 3.8) is 0 Å². The van der Waals surface area contributed by atoms with E-state index >= 15 is 0 Å². The number of nitrogens with two attached hydrogens (primary N) is 1. The van der Waals surface area contributed by atoms with Gasteiger partial charge in [-0.15, -0.1) is 0 Å². The Labute approximate surface area is 111 Å². The van der Waals surface area contributed by atoms with Crippen LogP contribution >= 0.6 is 0 Å². The van der Waals surface area contributed by atoms with Crippen molar-refractivity contribution in [3.05, 3.63) is 39.7 Å². The maximum Gasteiger partial charge on any atom is 0.305 e. The van der Waals surface area contributed by atoms with Crippen LogP contribution in [0, 0.1) is 21.8 Å². The van der Waals surface area contributed by atoms with Crippen LogP contribution in [0.2, 0.25) is 0 Å². The highest BCUT2D eigenvalue weighted by molar-refractivity contribution is 5.36. The number of hydrogen-bond acceptors (Lipinski definition) is 4. The van der Waals surface area contributed by atoms with Gasteiger partial charge in [0.1, 0.15) is 0 Å². The number of hydrogen-bond donors (Lipinski definition) is 1. The van der Waals surface area contributed by atoms with Crippen LogP contribution in [-0.4, -0.2) is 29.0 Å². The number of benzene rings is 1. The van der Waals surface area contributed by atoms with Crippen molar-refractivity contribution in [3.8, 4) is 0 Å². The SMILES string of the molecule is CC1CN(Cc2cccc([N+](=O)[O-])c2F)CCC1N. The van der Waals surface area contributed by atoms with Gasteiger partial charge in [-0.25, -0.2) is 0 Å². The average molecular weight is 267 g/mol. The molecule has 0 radical (unpaired) electrons. The summed E-state index contributed by atoms with van der Waals surface area (Å²) in [5, 5.41) is 10.7. The summed E-state index contributed by atoms with van der Waals surface area (Å²) in [6, 6.07) is 4.50. The summed E-state index contributed by atoms with van der Waals surface area (Å²) in [4.78, 5) is 12.1. The quantitative estimate of drug-likeness (QED) is 0.670. The standard InChI is InChI=1S/C13H18FN3O2/c1-9-7-16(6-5-11(9)15)8-10-3-2-4-12(13(10)14)17(18)19/h2-4,9,11H,5-8,15H2,1H3. The van der Waals surface area contributed by atoms with Crippen LogP contribution in [0.15, 0.2) is 18.2 Å². The number of rotatable bonds is 3. The molecule has 19 heavy (non-hydrogen) atoms. The minimum atomic E-state index is -0.727. The average Bonchev–Trinajstić information content (AvgIpc) is 2.36. The Morgan fingerprint density at radius 3 is 2.95 bits per heavy atom. The molecular formula is C13H18FN3O2. The predicted octanol–water partition coefficient (Wildman–Crippen LogP) is 1.90. The minimum absolute atomic E-state index is 0.186. The van der Waals surface area contributed by atoms with Crippen molar-refractivity contribution in [1.29, 1.82) is 0 Å². The summed E-state index contributed by atoms with van der Waals surface area (Å²) in [6.45, 7) is 4.06. The first-order valence-electron chi connectivity index (χ1n) is 6.38. The molecule has 2 unspecified atom stereocenters. The van der Waals surface area contributed by atoms with Crippen LogP contribution in [-0.2, 0) is 6.54 Å². The molecule has 6 heteroatoms. The van der Waals surface area contributed by atoms with Crippen molar-refractivity contribution >= 4 is 5.69 Å². The summed E-state index contributed by atoms with van der Waals surface area (Å²) in [7, 11) is 0. The summed E-state index contributed by atoms with van der Waals surface area (Å²) >= 11 is 0. The van der Waals surface area contributed by atoms with Crippen LogP contribution in [0.5, 0.6) is 0 Å². The fraction of sp³-hybridized carbons (Fsp3) is 0.538. The highest BCUT2D eigenvalue weighted by Gasteiger charge is 2.25.